The SMILES string of the molecule is CCOc1ccc(Cc2c(C)c(=O)oc3cc(O)ccc23)cc1. The van der Waals surface area contributed by atoms with Gasteiger partial charge in [-0.25, -0.2) is 4.79 Å². The second-order valence-corrected chi connectivity index (χ2v) is 5.43. The van der Waals surface area contributed by atoms with Crippen molar-refractivity contribution in [2.24, 2.45) is 0 Å². The summed E-state index contributed by atoms with van der Waals surface area (Å²) >= 11 is 0. The van der Waals surface area contributed by atoms with Crippen LogP contribution in [0.4, 0.5) is 0 Å². The Bertz CT molecular complexity index is 892. The minimum atomic E-state index is -0.371. The minimum Gasteiger partial charge on any atom is -0.508 e. The van der Waals surface area contributed by atoms with E-state index in [1.807, 2.05) is 31.2 Å². The summed E-state index contributed by atoms with van der Waals surface area (Å²) in [5.41, 5.74) is 2.62. The molecule has 0 spiro atoms. The van der Waals surface area contributed by atoms with E-state index in [-0.39, 0.29) is 11.4 Å². The van der Waals surface area contributed by atoms with E-state index in [0.29, 0.717) is 24.2 Å². The molecule has 0 radical (unpaired) electrons. The van der Waals surface area contributed by atoms with E-state index in [1.165, 1.54) is 6.07 Å². The largest absolute Gasteiger partial charge is 0.508 e. The third-order valence-electron chi connectivity index (χ3n) is 3.87. The van der Waals surface area contributed by atoms with Crippen molar-refractivity contribution < 1.29 is 14.3 Å². The van der Waals surface area contributed by atoms with Crippen LogP contribution in [0.3, 0.4) is 0 Å². The Balaban J connectivity index is 2.05. The molecule has 1 N–H and O–H groups in total. The molecule has 0 amide bonds. The average Bonchev–Trinajstić information content (AvgIpc) is 2.53. The Labute approximate surface area is 134 Å². The summed E-state index contributed by atoms with van der Waals surface area (Å²) in [5.74, 6) is 0.909. The lowest BCUT2D eigenvalue weighted by molar-refractivity contribution is 0.340. The van der Waals surface area contributed by atoms with Crippen molar-refractivity contribution in [1.29, 1.82) is 0 Å². The van der Waals surface area contributed by atoms with Gasteiger partial charge in [-0.1, -0.05) is 12.1 Å². The van der Waals surface area contributed by atoms with Crippen LogP contribution < -0.4 is 10.4 Å². The fourth-order valence-electron chi connectivity index (χ4n) is 2.65. The maximum Gasteiger partial charge on any atom is 0.339 e. The van der Waals surface area contributed by atoms with Gasteiger partial charge in [-0.05, 0) is 55.7 Å². The van der Waals surface area contributed by atoms with Gasteiger partial charge in [0.15, 0.2) is 0 Å². The van der Waals surface area contributed by atoms with Crippen molar-refractivity contribution in [3.8, 4) is 11.5 Å². The molecule has 1 heterocycles. The van der Waals surface area contributed by atoms with Crippen LogP contribution in [0, 0.1) is 6.92 Å². The summed E-state index contributed by atoms with van der Waals surface area (Å²) in [7, 11) is 0. The van der Waals surface area contributed by atoms with Crippen molar-refractivity contribution >= 4 is 11.0 Å². The molecule has 1 aromatic heterocycles. The molecule has 0 saturated carbocycles. The van der Waals surface area contributed by atoms with Gasteiger partial charge in [-0.15, -0.1) is 0 Å². The highest BCUT2D eigenvalue weighted by Crippen LogP contribution is 2.26. The number of hydrogen-bond acceptors (Lipinski definition) is 4. The molecule has 23 heavy (non-hydrogen) atoms. The van der Waals surface area contributed by atoms with Crippen LogP contribution in [0.15, 0.2) is 51.7 Å². The summed E-state index contributed by atoms with van der Waals surface area (Å²) in [6.07, 6.45) is 0.616. The lowest BCUT2D eigenvalue weighted by atomic mass is 9.98. The highest BCUT2D eigenvalue weighted by atomic mass is 16.5. The van der Waals surface area contributed by atoms with Crippen molar-refractivity contribution in [2.75, 3.05) is 6.61 Å². The number of aromatic hydroxyl groups is 1. The minimum absolute atomic E-state index is 0.0801. The van der Waals surface area contributed by atoms with Crippen LogP contribution in [-0.2, 0) is 6.42 Å². The van der Waals surface area contributed by atoms with E-state index in [9.17, 15) is 9.90 Å². The predicted molar refractivity (Wildman–Crippen MR) is 89.3 cm³/mol. The summed E-state index contributed by atoms with van der Waals surface area (Å²) in [6.45, 7) is 4.34. The average molecular weight is 310 g/mol. The van der Waals surface area contributed by atoms with Gasteiger partial charge in [0.2, 0.25) is 0 Å². The predicted octanol–water partition coefficient (Wildman–Crippen LogP) is 3.80. The summed E-state index contributed by atoms with van der Waals surface area (Å²) in [4.78, 5) is 12.0. The third kappa shape index (κ3) is 3.06. The molecule has 4 heteroatoms. The van der Waals surface area contributed by atoms with E-state index in [4.69, 9.17) is 9.15 Å². The lowest BCUT2D eigenvalue weighted by Gasteiger charge is -2.10. The van der Waals surface area contributed by atoms with Gasteiger partial charge in [-0.3, -0.25) is 0 Å². The van der Waals surface area contributed by atoms with Crippen LogP contribution in [-0.4, -0.2) is 11.7 Å². The number of rotatable bonds is 4. The molecule has 4 nitrogen and oxygen atoms in total. The van der Waals surface area contributed by atoms with E-state index in [0.717, 1.165) is 22.3 Å². The second kappa shape index (κ2) is 6.16. The van der Waals surface area contributed by atoms with Gasteiger partial charge in [0, 0.05) is 17.0 Å². The molecule has 0 aliphatic rings. The highest BCUT2D eigenvalue weighted by molar-refractivity contribution is 5.82. The number of hydrogen-bond donors (Lipinski definition) is 1. The van der Waals surface area contributed by atoms with E-state index in [2.05, 4.69) is 0 Å². The van der Waals surface area contributed by atoms with Crippen LogP contribution in [0.1, 0.15) is 23.6 Å². The first-order chi connectivity index (χ1) is 11.1. The van der Waals surface area contributed by atoms with Crippen molar-refractivity contribution in [3.63, 3.8) is 0 Å². The molecule has 0 saturated heterocycles. The number of fused-ring (bicyclic) bond motifs is 1. The maximum absolute atomic E-state index is 12.0. The molecule has 118 valence electrons. The number of benzene rings is 2. The zero-order valence-corrected chi connectivity index (χ0v) is 13.1. The topological polar surface area (TPSA) is 59.7 Å². The molecule has 0 unspecified atom stereocenters. The Hall–Kier alpha value is -2.75. The molecule has 3 rings (SSSR count). The van der Waals surface area contributed by atoms with E-state index >= 15 is 0 Å². The molecule has 0 bridgehead atoms. The molecule has 0 atom stereocenters. The fourth-order valence-corrected chi connectivity index (χ4v) is 2.65. The molecule has 0 aliphatic carbocycles. The van der Waals surface area contributed by atoms with Gasteiger partial charge in [0.1, 0.15) is 17.1 Å². The zero-order chi connectivity index (χ0) is 16.4. The normalized spacial score (nSPS) is 10.9. The number of phenolic OH excluding ortho intramolecular Hbond substituents is 1. The Morgan fingerprint density at radius 2 is 1.87 bits per heavy atom. The molecular weight excluding hydrogens is 292 g/mol. The van der Waals surface area contributed by atoms with Crippen LogP contribution in [0.25, 0.3) is 11.0 Å². The number of ether oxygens (including phenoxy) is 1. The quantitative estimate of drug-likeness (QED) is 0.745. The highest BCUT2D eigenvalue weighted by Gasteiger charge is 2.12. The monoisotopic (exact) mass is 310 g/mol. The summed E-state index contributed by atoms with van der Waals surface area (Å²) in [6, 6.07) is 12.7. The van der Waals surface area contributed by atoms with Crippen molar-refractivity contribution in [2.45, 2.75) is 20.3 Å². The first kappa shape index (κ1) is 15.2. The van der Waals surface area contributed by atoms with E-state index < -0.39 is 0 Å². The molecule has 0 fully saturated rings. The smallest absolute Gasteiger partial charge is 0.339 e. The standard InChI is InChI=1S/C19H18O4/c1-3-22-15-7-4-13(5-8-15)10-17-12(2)19(21)23-18-11-14(20)6-9-16(17)18/h4-9,11,20H,3,10H2,1-2H3. The number of phenols is 1. The fraction of sp³-hybridized carbons (Fsp3) is 0.211. The van der Waals surface area contributed by atoms with Crippen LogP contribution in [0.5, 0.6) is 11.5 Å². The third-order valence-corrected chi connectivity index (χ3v) is 3.87. The molecule has 2 aromatic carbocycles. The zero-order valence-electron chi connectivity index (χ0n) is 13.1. The molecular formula is C19H18O4. The lowest BCUT2D eigenvalue weighted by Crippen LogP contribution is -2.08. The Morgan fingerprint density at radius 1 is 1.13 bits per heavy atom. The van der Waals surface area contributed by atoms with Gasteiger partial charge in [-0.2, -0.15) is 0 Å². The van der Waals surface area contributed by atoms with Crippen molar-refractivity contribution in [3.05, 3.63) is 69.6 Å². The summed E-state index contributed by atoms with van der Waals surface area (Å²) in [5, 5.41) is 10.4. The Morgan fingerprint density at radius 3 is 2.57 bits per heavy atom. The second-order valence-electron chi connectivity index (χ2n) is 5.43. The summed E-state index contributed by atoms with van der Waals surface area (Å²) < 4.78 is 10.7. The van der Waals surface area contributed by atoms with Crippen molar-refractivity contribution in [1.82, 2.24) is 0 Å². The maximum atomic E-state index is 12.0. The van der Waals surface area contributed by atoms with Gasteiger partial charge < -0.3 is 14.3 Å². The first-order valence-corrected chi connectivity index (χ1v) is 7.55. The first-order valence-electron chi connectivity index (χ1n) is 7.55. The van der Waals surface area contributed by atoms with Gasteiger partial charge in [0.25, 0.3) is 0 Å². The van der Waals surface area contributed by atoms with Crippen LogP contribution in [0.2, 0.25) is 0 Å². The van der Waals surface area contributed by atoms with Gasteiger partial charge >= 0.3 is 5.63 Å². The van der Waals surface area contributed by atoms with E-state index in [1.54, 1.807) is 19.1 Å². The Kier molecular flexibility index (Phi) is 4.06. The molecule has 3 aromatic rings. The van der Waals surface area contributed by atoms with Crippen LogP contribution >= 0.6 is 0 Å². The molecule has 0 aliphatic heterocycles. The van der Waals surface area contributed by atoms with Gasteiger partial charge in [0.05, 0.1) is 6.61 Å².